The average molecular weight is 160 g/mol. The smallest absolute Gasteiger partial charge is 0.0647 e. The van der Waals surface area contributed by atoms with E-state index in [9.17, 15) is 0 Å². The van der Waals surface area contributed by atoms with Crippen LogP contribution in [0.2, 0.25) is 0 Å². The van der Waals surface area contributed by atoms with E-state index in [1.807, 2.05) is 19.1 Å². The Kier molecular flexibility index (Phi) is 2.35. The maximum absolute atomic E-state index is 9.12. The van der Waals surface area contributed by atoms with Crippen LogP contribution in [0.4, 0.5) is 0 Å². The lowest BCUT2D eigenvalue weighted by molar-refractivity contribution is -0.0448. The van der Waals surface area contributed by atoms with Gasteiger partial charge in [-0.1, -0.05) is 11.6 Å². The molecule has 1 aliphatic heterocycles. The van der Waals surface area contributed by atoms with Gasteiger partial charge in [0.25, 0.3) is 0 Å². The molecule has 0 aromatic carbocycles. The molecule has 0 radical (unpaired) electrons. The number of allylic oxidation sites excluding steroid dienone is 3. The van der Waals surface area contributed by atoms with Crippen molar-refractivity contribution >= 4 is 11.6 Å². The highest BCUT2D eigenvalue weighted by Crippen LogP contribution is 2.12. The van der Waals surface area contributed by atoms with Crippen LogP contribution in [0.15, 0.2) is 23.4 Å². The first-order valence-electron chi connectivity index (χ1n) is 3.13. The zero-order chi connectivity index (χ0) is 7.56. The molecule has 0 aliphatic carbocycles. The Labute approximate surface area is 65.4 Å². The van der Waals surface area contributed by atoms with Gasteiger partial charge < -0.3 is 0 Å². The van der Waals surface area contributed by atoms with E-state index in [-0.39, 0.29) is 0 Å². The standard InChI is InChI=1S/C7H10ClNO/c1-6-2-3-9(10)7(4-6)5-8/h2,4,10H,3,5H2,1H3. The fourth-order valence-corrected chi connectivity index (χ4v) is 1.07. The highest BCUT2D eigenvalue weighted by atomic mass is 35.5. The van der Waals surface area contributed by atoms with Crippen LogP contribution in [0.25, 0.3) is 0 Å². The van der Waals surface area contributed by atoms with Crippen molar-refractivity contribution in [2.75, 3.05) is 12.4 Å². The van der Waals surface area contributed by atoms with Gasteiger partial charge in [0, 0.05) is 0 Å². The third-order valence-electron chi connectivity index (χ3n) is 1.45. The summed E-state index contributed by atoms with van der Waals surface area (Å²) in [6.45, 7) is 2.53. The van der Waals surface area contributed by atoms with Crippen molar-refractivity contribution in [1.29, 1.82) is 0 Å². The molecule has 1 aliphatic rings. The Morgan fingerprint density at radius 1 is 1.80 bits per heavy atom. The van der Waals surface area contributed by atoms with Crippen LogP contribution in [0.5, 0.6) is 0 Å². The van der Waals surface area contributed by atoms with Crippen molar-refractivity contribution in [2.24, 2.45) is 0 Å². The van der Waals surface area contributed by atoms with Crippen molar-refractivity contribution in [3.8, 4) is 0 Å². The van der Waals surface area contributed by atoms with E-state index >= 15 is 0 Å². The summed E-state index contributed by atoms with van der Waals surface area (Å²) in [5.74, 6) is 0.363. The molecule has 0 saturated carbocycles. The maximum atomic E-state index is 9.12. The predicted octanol–water partition coefficient (Wildman–Crippen LogP) is 1.76. The summed E-state index contributed by atoms with van der Waals surface area (Å²) in [6.07, 6.45) is 3.81. The molecule has 0 aromatic heterocycles. The highest BCUT2D eigenvalue weighted by molar-refractivity contribution is 6.19. The second kappa shape index (κ2) is 3.08. The minimum absolute atomic E-state index is 0.363. The molecule has 1 rings (SSSR count). The quantitative estimate of drug-likeness (QED) is 0.590. The molecule has 0 spiro atoms. The van der Waals surface area contributed by atoms with Crippen LogP contribution in [0.1, 0.15) is 6.92 Å². The molecule has 0 atom stereocenters. The fourth-order valence-electron chi connectivity index (χ4n) is 0.852. The summed E-state index contributed by atoms with van der Waals surface area (Å²) >= 11 is 5.54. The van der Waals surface area contributed by atoms with Crippen molar-refractivity contribution in [2.45, 2.75) is 6.92 Å². The minimum atomic E-state index is 0.363. The van der Waals surface area contributed by atoms with Gasteiger partial charge in [0.2, 0.25) is 0 Å². The molecule has 0 saturated heterocycles. The second-order valence-corrected chi connectivity index (χ2v) is 2.57. The van der Waals surface area contributed by atoms with Gasteiger partial charge in [-0.25, -0.2) is 0 Å². The minimum Gasteiger partial charge on any atom is -0.288 e. The van der Waals surface area contributed by atoms with Gasteiger partial charge in [-0.3, -0.25) is 10.3 Å². The first-order chi connectivity index (χ1) is 4.74. The van der Waals surface area contributed by atoms with E-state index in [1.165, 1.54) is 0 Å². The number of halogens is 1. The summed E-state index contributed by atoms with van der Waals surface area (Å²) in [5, 5.41) is 10.3. The normalized spacial score (nSPS) is 18.5. The summed E-state index contributed by atoms with van der Waals surface area (Å²) < 4.78 is 0. The molecule has 1 heterocycles. The van der Waals surface area contributed by atoms with Gasteiger partial charge in [0.05, 0.1) is 18.1 Å². The molecule has 0 fully saturated rings. The predicted molar refractivity (Wildman–Crippen MR) is 41.1 cm³/mol. The van der Waals surface area contributed by atoms with E-state index in [4.69, 9.17) is 16.8 Å². The van der Waals surface area contributed by atoms with Crippen LogP contribution in [-0.4, -0.2) is 22.7 Å². The van der Waals surface area contributed by atoms with Gasteiger partial charge in [-0.05, 0) is 13.0 Å². The van der Waals surface area contributed by atoms with Gasteiger partial charge >= 0.3 is 0 Å². The van der Waals surface area contributed by atoms with Crippen LogP contribution in [-0.2, 0) is 0 Å². The zero-order valence-corrected chi connectivity index (χ0v) is 6.60. The Hall–Kier alpha value is -0.470. The first-order valence-corrected chi connectivity index (χ1v) is 3.67. The highest BCUT2D eigenvalue weighted by Gasteiger charge is 2.07. The molecular weight excluding hydrogens is 150 g/mol. The topological polar surface area (TPSA) is 23.5 Å². The maximum Gasteiger partial charge on any atom is 0.0647 e. The van der Waals surface area contributed by atoms with Gasteiger partial charge in [-0.15, -0.1) is 11.6 Å². The Morgan fingerprint density at radius 2 is 2.50 bits per heavy atom. The number of hydrogen-bond acceptors (Lipinski definition) is 2. The summed E-state index contributed by atoms with van der Waals surface area (Å²) in [4.78, 5) is 0. The van der Waals surface area contributed by atoms with E-state index < -0.39 is 0 Å². The molecule has 0 aromatic rings. The Bertz CT molecular complexity index is 186. The van der Waals surface area contributed by atoms with E-state index in [0.29, 0.717) is 12.4 Å². The molecule has 0 unspecified atom stereocenters. The Morgan fingerprint density at radius 3 is 3.00 bits per heavy atom. The third kappa shape index (κ3) is 1.52. The van der Waals surface area contributed by atoms with Gasteiger partial charge in [0.1, 0.15) is 0 Å². The summed E-state index contributed by atoms with van der Waals surface area (Å²) in [5.41, 5.74) is 1.92. The second-order valence-electron chi connectivity index (χ2n) is 2.30. The van der Waals surface area contributed by atoms with Crippen LogP contribution in [0.3, 0.4) is 0 Å². The van der Waals surface area contributed by atoms with Gasteiger partial charge in [-0.2, -0.15) is 0 Å². The lowest BCUT2D eigenvalue weighted by Gasteiger charge is -2.20. The van der Waals surface area contributed by atoms with Crippen LogP contribution >= 0.6 is 11.6 Å². The molecule has 0 amide bonds. The number of hydrogen-bond donors (Lipinski definition) is 1. The summed E-state index contributed by atoms with van der Waals surface area (Å²) in [7, 11) is 0. The lowest BCUT2D eigenvalue weighted by atomic mass is 10.2. The van der Waals surface area contributed by atoms with Gasteiger partial charge in [0.15, 0.2) is 0 Å². The first kappa shape index (κ1) is 7.63. The van der Waals surface area contributed by atoms with Crippen LogP contribution < -0.4 is 0 Å². The number of hydroxylamine groups is 2. The number of nitrogens with zero attached hydrogens (tertiary/aromatic N) is 1. The fraction of sp³-hybridized carbons (Fsp3) is 0.429. The number of rotatable bonds is 1. The summed E-state index contributed by atoms with van der Waals surface area (Å²) in [6, 6.07) is 0. The molecule has 0 bridgehead atoms. The third-order valence-corrected chi connectivity index (χ3v) is 1.72. The van der Waals surface area contributed by atoms with Crippen molar-refractivity contribution in [1.82, 2.24) is 5.06 Å². The molecule has 2 nitrogen and oxygen atoms in total. The monoisotopic (exact) mass is 159 g/mol. The molecule has 3 heteroatoms. The molecule has 1 N–H and O–H groups in total. The lowest BCUT2D eigenvalue weighted by Crippen LogP contribution is -2.22. The average Bonchev–Trinajstić information content (AvgIpc) is 1.94. The molecule has 10 heavy (non-hydrogen) atoms. The Balaban J connectivity index is 2.73. The SMILES string of the molecule is CC1=CCN(O)C(CCl)=C1. The van der Waals surface area contributed by atoms with E-state index in [2.05, 4.69) is 0 Å². The van der Waals surface area contributed by atoms with Crippen LogP contribution in [0, 0.1) is 0 Å². The largest absolute Gasteiger partial charge is 0.288 e. The number of alkyl halides is 1. The molecular formula is C7H10ClNO. The van der Waals surface area contributed by atoms with E-state index in [1.54, 1.807) is 0 Å². The van der Waals surface area contributed by atoms with Crippen molar-refractivity contribution < 1.29 is 5.21 Å². The molecule has 56 valence electrons. The van der Waals surface area contributed by atoms with Crippen molar-refractivity contribution in [3.05, 3.63) is 23.4 Å². The van der Waals surface area contributed by atoms with E-state index in [0.717, 1.165) is 16.3 Å². The van der Waals surface area contributed by atoms with Crippen molar-refractivity contribution in [3.63, 3.8) is 0 Å². The zero-order valence-electron chi connectivity index (χ0n) is 5.84.